The molecule has 0 atom stereocenters. The van der Waals surface area contributed by atoms with Crippen molar-refractivity contribution in [3.63, 3.8) is 0 Å². The van der Waals surface area contributed by atoms with E-state index in [0.717, 1.165) is 26.6 Å². The average molecular weight is 309 g/mol. The second kappa shape index (κ2) is 5.10. The normalized spacial score (nSPS) is 10.5. The van der Waals surface area contributed by atoms with Gasteiger partial charge in [0.25, 0.3) is 0 Å². The van der Waals surface area contributed by atoms with Crippen LogP contribution in [0.3, 0.4) is 0 Å². The monoisotopic (exact) mass is 308 g/mol. The van der Waals surface area contributed by atoms with Gasteiger partial charge in [0.15, 0.2) is 5.16 Å². The number of rotatable bonds is 3. The number of aromatic nitrogens is 2. The number of allylic oxidation sites excluding steroid dienone is 1. The van der Waals surface area contributed by atoms with E-state index in [0.29, 0.717) is 0 Å². The quantitative estimate of drug-likeness (QED) is 0.776. The number of nitrogens with zero attached hydrogens (tertiary/aromatic N) is 2. The van der Waals surface area contributed by atoms with Crippen molar-refractivity contribution in [2.24, 2.45) is 0 Å². The molecule has 0 fully saturated rings. The maximum absolute atomic E-state index is 4.60. The van der Waals surface area contributed by atoms with Crippen LogP contribution in [0.25, 0.3) is 17.0 Å². The van der Waals surface area contributed by atoms with Crippen molar-refractivity contribution in [3.05, 3.63) is 41.5 Å². The zero-order chi connectivity index (χ0) is 12.4. The molecule has 0 aliphatic heterocycles. The average Bonchev–Trinajstić information content (AvgIpc) is 2.74. The highest BCUT2D eigenvalue weighted by Gasteiger charge is 2.08. The summed E-state index contributed by atoms with van der Waals surface area (Å²) in [5.41, 5.74) is 3.07. The van der Waals surface area contributed by atoms with E-state index in [1.54, 1.807) is 11.8 Å². The Balaban J connectivity index is 2.46. The fourth-order valence-electron chi connectivity index (χ4n) is 1.54. The van der Waals surface area contributed by atoms with Gasteiger partial charge in [0.1, 0.15) is 0 Å². The first-order valence-electron chi connectivity index (χ1n) is 5.17. The van der Waals surface area contributed by atoms with Crippen molar-refractivity contribution in [2.75, 3.05) is 6.26 Å². The summed E-state index contributed by atoms with van der Waals surface area (Å²) in [6, 6.07) is 8.15. The molecule has 0 unspecified atom stereocenters. The Morgan fingerprint density at radius 1 is 1.35 bits per heavy atom. The summed E-state index contributed by atoms with van der Waals surface area (Å²) < 4.78 is 3.09. The van der Waals surface area contributed by atoms with E-state index in [4.69, 9.17) is 0 Å². The van der Waals surface area contributed by atoms with Crippen LogP contribution in [0.5, 0.6) is 0 Å². The number of hydrogen-bond acceptors (Lipinski definition) is 2. The molecule has 0 amide bonds. The molecule has 0 aliphatic rings. The van der Waals surface area contributed by atoms with Crippen LogP contribution in [0.2, 0.25) is 0 Å². The Bertz CT molecular complexity index is 543. The van der Waals surface area contributed by atoms with E-state index >= 15 is 0 Å². The number of thioether (sulfide) groups is 1. The Hall–Kier alpha value is -1.00. The van der Waals surface area contributed by atoms with Gasteiger partial charge in [0, 0.05) is 21.9 Å². The van der Waals surface area contributed by atoms with Crippen LogP contribution in [0.1, 0.15) is 6.92 Å². The summed E-state index contributed by atoms with van der Waals surface area (Å²) in [5, 5.41) is 0.968. The lowest BCUT2D eigenvalue weighted by Gasteiger charge is -2.02. The van der Waals surface area contributed by atoms with Gasteiger partial charge >= 0.3 is 0 Å². The molecule has 1 heterocycles. The first-order chi connectivity index (χ1) is 8.11. The Labute approximate surface area is 114 Å². The highest BCUT2D eigenvalue weighted by Crippen LogP contribution is 2.26. The fourth-order valence-corrected chi connectivity index (χ4v) is 2.40. The molecule has 2 aromatic rings. The Morgan fingerprint density at radius 3 is 2.47 bits per heavy atom. The lowest BCUT2D eigenvalue weighted by atomic mass is 10.2. The topological polar surface area (TPSA) is 17.8 Å². The van der Waals surface area contributed by atoms with Gasteiger partial charge in [-0.3, -0.25) is 4.57 Å². The van der Waals surface area contributed by atoms with E-state index in [9.17, 15) is 0 Å². The van der Waals surface area contributed by atoms with Gasteiger partial charge in [0.2, 0.25) is 0 Å². The molecule has 0 N–H and O–H groups in total. The standard InChI is InChI=1S/C13H13BrN2S/c1-9(2)16-8-12(15-13(16)17-3)10-4-6-11(14)7-5-10/h4-8H,1H2,2-3H3. The van der Waals surface area contributed by atoms with E-state index in [1.807, 2.05) is 36.1 Å². The summed E-state index contributed by atoms with van der Waals surface area (Å²) in [6.07, 6.45) is 4.05. The van der Waals surface area contributed by atoms with E-state index in [2.05, 4.69) is 39.6 Å². The lowest BCUT2D eigenvalue weighted by molar-refractivity contribution is 0.914. The maximum Gasteiger partial charge on any atom is 0.172 e. The van der Waals surface area contributed by atoms with Gasteiger partial charge < -0.3 is 0 Å². The van der Waals surface area contributed by atoms with Gasteiger partial charge in [-0.1, -0.05) is 46.4 Å². The highest BCUT2D eigenvalue weighted by atomic mass is 79.9. The molecule has 1 aromatic heterocycles. The van der Waals surface area contributed by atoms with Crippen LogP contribution < -0.4 is 0 Å². The van der Waals surface area contributed by atoms with Crippen molar-refractivity contribution < 1.29 is 0 Å². The highest BCUT2D eigenvalue weighted by molar-refractivity contribution is 9.10. The molecule has 2 nitrogen and oxygen atoms in total. The molecule has 0 saturated carbocycles. The molecule has 0 bridgehead atoms. The summed E-state index contributed by atoms with van der Waals surface area (Å²) in [5.74, 6) is 0. The summed E-state index contributed by atoms with van der Waals surface area (Å²) >= 11 is 5.05. The fraction of sp³-hybridized carbons (Fsp3) is 0.154. The minimum absolute atomic E-state index is 0.968. The van der Waals surface area contributed by atoms with Crippen LogP contribution in [0.15, 0.2) is 46.7 Å². The molecule has 1 aromatic carbocycles. The first kappa shape index (κ1) is 12.5. The molecule has 0 spiro atoms. The molecule has 88 valence electrons. The van der Waals surface area contributed by atoms with Crippen molar-refractivity contribution >= 4 is 33.4 Å². The predicted molar refractivity (Wildman–Crippen MR) is 78.1 cm³/mol. The first-order valence-corrected chi connectivity index (χ1v) is 7.19. The van der Waals surface area contributed by atoms with Crippen molar-refractivity contribution in [1.29, 1.82) is 0 Å². The van der Waals surface area contributed by atoms with Crippen LogP contribution >= 0.6 is 27.7 Å². The lowest BCUT2D eigenvalue weighted by Crippen LogP contribution is -1.91. The third kappa shape index (κ3) is 2.64. The van der Waals surface area contributed by atoms with Gasteiger partial charge in [-0.2, -0.15) is 0 Å². The number of hydrogen-bond donors (Lipinski definition) is 0. The van der Waals surface area contributed by atoms with Gasteiger partial charge in [-0.15, -0.1) is 0 Å². The Morgan fingerprint density at radius 2 is 2.00 bits per heavy atom. The largest absolute Gasteiger partial charge is 0.299 e. The van der Waals surface area contributed by atoms with Crippen molar-refractivity contribution in [2.45, 2.75) is 12.1 Å². The molecule has 2 rings (SSSR count). The second-order valence-corrected chi connectivity index (χ2v) is 5.41. The molecule has 0 aliphatic carbocycles. The zero-order valence-electron chi connectivity index (χ0n) is 9.77. The third-order valence-electron chi connectivity index (χ3n) is 2.41. The van der Waals surface area contributed by atoms with E-state index < -0.39 is 0 Å². The SMILES string of the molecule is C=C(C)n1cc(-c2ccc(Br)cc2)nc1SC. The smallest absolute Gasteiger partial charge is 0.172 e. The minimum Gasteiger partial charge on any atom is -0.299 e. The van der Waals surface area contributed by atoms with E-state index in [-0.39, 0.29) is 0 Å². The molecular weight excluding hydrogens is 296 g/mol. The Kier molecular flexibility index (Phi) is 3.74. The number of halogens is 1. The van der Waals surface area contributed by atoms with Gasteiger partial charge in [-0.25, -0.2) is 4.98 Å². The van der Waals surface area contributed by atoms with Gasteiger partial charge in [0.05, 0.1) is 5.69 Å². The maximum atomic E-state index is 4.60. The molecular formula is C13H13BrN2S. The molecule has 0 saturated heterocycles. The minimum atomic E-state index is 0.968. The van der Waals surface area contributed by atoms with Crippen LogP contribution in [0, 0.1) is 0 Å². The molecule has 0 radical (unpaired) electrons. The van der Waals surface area contributed by atoms with Gasteiger partial charge in [-0.05, 0) is 25.3 Å². The summed E-state index contributed by atoms with van der Waals surface area (Å²) in [6.45, 7) is 5.94. The van der Waals surface area contributed by atoms with Crippen LogP contribution in [0.4, 0.5) is 0 Å². The second-order valence-electron chi connectivity index (χ2n) is 3.73. The van der Waals surface area contributed by atoms with E-state index in [1.165, 1.54) is 0 Å². The number of imidazole rings is 1. The third-order valence-corrected chi connectivity index (χ3v) is 3.59. The van der Waals surface area contributed by atoms with Crippen LogP contribution in [-0.4, -0.2) is 15.8 Å². The number of benzene rings is 1. The predicted octanol–water partition coefficient (Wildman–Crippen LogP) is 4.53. The van der Waals surface area contributed by atoms with Crippen LogP contribution in [-0.2, 0) is 0 Å². The van der Waals surface area contributed by atoms with Crippen molar-refractivity contribution in [3.8, 4) is 11.3 Å². The molecule has 17 heavy (non-hydrogen) atoms. The summed E-state index contributed by atoms with van der Waals surface area (Å²) in [7, 11) is 0. The van der Waals surface area contributed by atoms with Crippen molar-refractivity contribution in [1.82, 2.24) is 9.55 Å². The zero-order valence-corrected chi connectivity index (χ0v) is 12.2. The molecule has 4 heteroatoms. The summed E-state index contributed by atoms with van der Waals surface area (Å²) in [4.78, 5) is 4.60.